The number of imide groups is 1. The Hall–Kier alpha value is -1.79. The van der Waals surface area contributed by atoms with E-state index in [1.807, 2.05) is 12.1 Å². The van der Waals surface area contributed by atoms with Gasteiger partial charge in [0.25, 0.3) is 11.8 Å². The Balaban J connectivity index is 1.84. The van der Waals surface area contributed by atoms with Crippen LogP contribution >= 0.6 is 35.0 Å². The van der Waals surface area contributed by atoms with Crippen molar-refractivity contribution < 1.29 is 14.7 Å². The molecule has 2 aromatic carbocycles. The maximum atomic E-state index is 13.0. The number of amides is 2. The lowest BCUT2D eigenvalue weighted by Gasteiger charge is -2.15. The summed E-state index contributed by atoms with van der Waals surface area (Å²) in [4.78, 5) is 27.4. The smallest absolute Gasteiger partial charge is 0.267 e. The summed E-state index contributed by atoms with van der Waals surface area (Å²) in [7, 11) is 0. The molecule has 7 heteroatoms. The summed E-state index contributed by atoms with van der Waals surface area (Å²) in [5.74, 6) is -0.301. The van der Waals surface area contributed by atoms with Crippen LogP contribution in [0.5, 0.6) is 0 Å². The Bertz CT molecular complexity index is 879. The second-order valence-electron chi connectivity index (χ2n) is 5.92. The van der Waals surface area contributed by atoms with E-state index in [-0.39, 0.29) is 25.0 Å². The molecule has 3 rings (SSSR count). The summed E-state index contributed by atoms with van der Waals surface area (Å²) >= 11 is 13.0. The maximum Gasteiger partial charge on any atom is 0.267 e. The third kappa shape index (κ3) is 4.55. The normalized spacial score (nSPS) is 14.4. The lowest BCUT2D eigenvalue weighted by Crippen LogP contribution is -2.33. The van der Waals surface area contributed by atoms with Gasteiger partial charge in [-0.15, -0.1) is 11.8 Å². The van der Waals surface area contributed by atoms with E-state index in [9.17, 15) is 9.59 Å². The SMILES string of the molecule is O=C1C(SCCO)=C(c2ccc(Cl)cc2)C(=O)N1CCc1ccc(Cl)cc1. The molecule has 0 spiro atoms. The third-order valence-corrected chi connectivity index (χ3v) is 5.69. The van der Waals surface area contributed by atoms with Gasteiger partial charge in [-0.25, -0.2) is 0 Å². The van der Waals surface area contributed by atoms with Gasteiger partial charge in [0.2, 0.25) is 0 Å². The summed E-state index contributed by atoms with van der Waals surface area (Å²) in [5.41, 5.74) is 2.00. The first-order valence-electron chi connectivity index (χ1n) is 8.35. The number of hydrogen-bond donors (Lipinski definition) is 1. The summed E-state index contributed by atoms with van der Waals surface area (Å²) in [6.45, 7) is 0.202. The maximum absolute atomic E-state index is 13.0. The first kappa shape index (κ1) is 20.0. The lowest BCUT2D eigenvalue weighted by atomic mass is 10.1. The minimum absolute atomic E-state index is 0.0751. The number of nitrogens with zero attached hydrogens (tertiary/aromatic N) is 1. The molecule has 0 saturated heterocycles. The minimum Gasteiger partial charge on any atom is -0.396 e. The van der Waals surface area contributed by atoms with E-state index in [1.165, 1.54) is 16.7 Å². The summed E-state index contributed by atoms with van der Waals surface area (Å²) in [6, 6.07) is 14.1. The second-order valence-corrected chi connectivity index (χ2v) is 7.90. The van der Waals surface area contributed by atoms with Gasteiger partial charge in [0.1, 0.15) is 0 Å². The largest absolute Gasteiger partial charge is 0.396 e. The number of halogens is 2. The van der Waals surface area contributed by atoms with Crippen molar-refractivity contribution in [3.63, 3.8) is 0 Å². The molecule has 0 atom stereocenters. The Labute approximate surface area is 171 Å². The zero-order valence-corrected chi connectivity index (χ0v) is 16.7. The monoisotopic (exact) mass is 421 g/mol. The molecule has 27 heavy (non-hydrogen) atoms. The Morgan fingerprint density at radius 1 is 0.889 bits per heavy atom. The van der Waals surface area contributed by atoms with Gasteiger partial charge in [-0.2, -0.15) is 0 Å². The summed E-state index contributed by atoms with van der Waals surface area (Å²) < 4.78 is 0. The zero-order chi connectivity index (χ0) is 19.4. The van der Waals surface area contributed by atoms with Crippen molar-refractivity contribution in [3.8, 4) is 0 Å². The van der Waals surface area contributed by atoms with E-state index < -0.39 is 0 Å². The molecule has 1 N–H and O–H groups in total. The van der Waals surface area contributed by atoms with Crippen molar-refractivity contribution in [1.29, 1.82) is 0 Å². The number of carbonyl (C=O) groups excluding carboxylic acids is 2. The number of hydrogen-bond acceptors (Lipinski definition) is 4. The molecular formula is C20H17Cl2NO3S. The number of carbonyl (C=O) groups is 2. The molecule has 0 aromatic heterocycles. The lowest BCUT2D eigenvalue weighted by molar-refractivity contribution is -0.136. The molecule has 0 saturated carbocycles. The molecule has 0 bridgehead atoms. The quantitative estimate of drug-likeness (QED) is 0.685. The van der Waals surface area contributed by atoms with Crippen molar-refractivity contribution >= 4 is 52.4 Å². The van der Waals surface area contributed by atoms with Gasteiger partial charge >= 0.3 is 0 Å². The standard InChI is InChI=1S/C20H17Cl2NO3S/c21-15-5-1-13(2-6-15)9-10-23-19(25)17(14-3-7-16(22)8-4-14)18(20(23)26)27-12-11-24/h1-8,24H,9-12H2. The fourth-order valence-electron chi connectivity index (χ4n) is 2.80. The van der Waals surface area contributed by atoms with Crippen molar-refractivity contribution in [2.24, 2.45) is 0 Å². The minimum atomic E-state index is -0.322. The molecule has 4 nitrogen and oxygen atoms in total. The second kappa shape index (κ2) is 8.93. The van der Waals surface area contributed by atoms with Crippen LogP contribution in [0.3, 0.4) is 0 Å². The Morgan fingerprint density at radius 3 is 2.07 bits per heavy atom. The fourth-order valence-corrected chi connectivity index (χ4v) is 3.93. The first-order valence-corrected chi connectivity index (χ1v) is 10.1. The molecule has 140 valence electrons. The highest BCUT2D eigenvalue weighted by Crippen LogP contribution is 2.36. The predicted molar refractivity (Wildman–Crippen MR) is 110 cm³/mol. The first-order chi connectivity index (χ1) is 13.0. The van der Waals surface area contributed by atoms with Gasteiger partial charge in [0.15, 0.2) is 0 Å². The average Bonchev–Trinajstić information content (AvgIpc) is 2.90. The topological polar surface area (TPSA) is 57.6 Å². The van der Waals surface area contributed by atoms with Gasteiger partial charge < -0.3 is 5.11 Å². The van der Waals surface area contributed by atoms with Crippen LogP contribution in [0.4, 0.5) is 0 Å². The van der Waals surface area contributed by atoms with Crippen LogP contribution in [-0.4, -0.2) is 40.7 Å². The van der Waals surface area contributed by atoms with Gasteiger partial charge in [-0.05, 0) is 41.8 Å². The number of aliphatic hydroxyl groups is 1. The molecule has 1 aliphatic heterocycles. The van der Waals surface area contributed by atoms with E-state index in [0.29, 0.717) is 38.3 Å². The molecule has 1 heterocycles. The van der Waals surface area contributed by atoms with E-state index in [1.54, 1.807) is 36.4 Å². The van der Waals surface area contributed by atoms with Crippen molar-refractivity contribution in [2.75, 3.05) is 18.9 Å². The Kier molecular flexibility index (Phi) is 6.60. The highest BCUT2D eigenvalue weighted by Gasteiger charge is 2.38. The van der Waals surface area contributed by atoms with Crippen molar-refractivity contribution in [1.82, 2.24) is 4.90 Å². The van der Waals surface area contributed by atoms with E-state index in [4.69, 9.17) is 28.3 Å². The molecule has 0 unspecified atom stereocenters. The van der Waals surface area contributed by atoms with E-state index in [2.05, 4.69) is 0 Å². The zero-order valence-electron chi connectivity index (χ0n) is 14.3. The molecule has 0 radical (unpaired) electrons. The van der Waals surface area contributed by atoms with Crippen LogP contribution in [-0.2, 0) is 16.0 Å². The summed E-state index contributed by atoms with van der Waals surface area (Å²) in [6.07, 6.45) is 0.542. The van der Waals surface area contributed by atoms with Crippen LogP contribution in [0.25, 0.3) is 5.57 Å². The van der Waals surface area contributed by atoms with E-state index in [0.717, 1.165) is 5.56 Å². The molecular weight excluding hydrogens is 405 g/mol. The third-order valence-electron chi connectivity index (χ3n) is 4.13. The highest BCUT2D eigenvalue weighted by molar-refractivity contribution is 8.04. The molecule has 0 fully saturated rings. The predicted octanol–water partition coefficient (Wildman–Crippen LogP) is 4.04. The number of benzene rings is 2. The highest BCUT2D eigenvalue weighted by atomic mass is 35.5. The number of aliphatic hydroxyl groups excluding tert-OH is 1. The van der Waals surface area contributed by atoms with Crippen molar-refractivity contribution in [2.45, 2.75) is 6.42 Å². The van der Waals surface area contributed by atoms with Crippen LogP contribution in [0.15, 0.2) is 53.4 Å². The van der Waals surface area contributed by atoms with Crippen LogP contribution in [0.1, 0.15) is 11.1 Å². The van der Waals surface area contributed by atoms with E-state index >= 15 is 0 Å². The number of thioether (sulfide) groups is 1. The van der Waals surface area contributed by atoms with Gasteiger partial charge in [0, 0.05) is 22.3 Å². The van der Waals surface area contributed by atoms with Crippen LogP contribution in [0, 0.1) is 0 Å². The molecule has 2 amide bonds. The van der Waals surface area contributed by atoms with Crippen LogP contribution < -0.4 is 0 Å². The van der Waals surface area contributed by atoms with Crippen molar-refractivity contribution in [3.05, 3.63) is 74.6 Å². The number of rotatable bonds is 7. The van der Waals surface area contributed by atoms with Gasteiger partial charge in [-0.3, -0.25) is 14.5 Å². The van der Waals surface area contributed by atoms with Crippen LogP contribution in [0.2, 0.25) is 10.0 Å². The Morgan fingerprint density at radius 2 is 1.48 bits per heavy atom. The molecule has 2 aromatic rings. The molecule has 1 aliphatic rings. The summed E-state index contributed by atoms with van der Waals surface area (Å²) in [5, 5.41) is 10.3. The average molecular weight is 422 g/mol. The molecule has 0 aliphatic carbocycles. The van der Waals surface area contributed by atoms with Gasteiger partial charge in [-0.1, -0.05) is 47.5 Å². The fraction of sp³-hybridized carbons (Fsp3) is 0.200. The van der Waals surface area contributed by atoms with Gasteiger partial charge in [0.05, 0.1) is 17.1 Å².